The van der Waals surface area contributed by atoms with E-state index in [1.165, 1.54) is 0 Å². The van der Waals surface area contributed by atoms with Crippen molar-refractivity contribution in [2.75, 3.05) is 13.1 Å². The lowest BCUT2D eigenvalue weighted by molar-refractivity contribution is 0.0453. The van der Waals surface area contributed by atoms with Crippen LogP contribution in [0.4, 0.5) is 0 Å². The van der Waals surface area contributed by atoms with Gasteiger partial charge in [0.2, 0.25) is 0 Å². The maximum Gasteiger partial charge on any atom is 0.253 e. The molecule has 0 aliphatic carbocycles. The Labute approximate surface area is 122 Å². The molecule has 19 heavy (non-hydrogen) atoms. The number of rotatable bonds is 3. The van der Waals surface area contributed by atoms with Gasteiger partial charge in [-0.1, -0.05) is 28.9 Å². The summed E-state index contributed by atoms with van der Waals surface area (Å²) in [6, 6.07) is 7.50. The van der Waals surface area contributed by atoms with Crippen LogP contribution in [0.2, 0.25) is 0 Å². The number of hydrogen-bond donors (Lipinski definition) is 1. The molecule has 1 unspecified atom stereocenters. The van der Waals surface area contributed by atoms with Crippen LogP contribution in [-0.2, 0) is 0 Å². The van der Waals surface area contributed by atoms with E-state index in [-0.39, 0.29) is 12.0 Å². The summed E-state index contributed by atoms with van der Waals surface area (Å²) in [5.74, 6) is 0.433. The maximum absolute atomic E-state index is 12.3. The number of carbonyl (C=O) groups excluding carboxylic acids is 1. The van der Waals surface area contributed by atoms with E-state index in [0.717, 1.165) is 42.4 Å². The summed E-state index contributed by atoms with van der Waals surface area (Å²) in [7, 11) is 0. The molecule has 1 saturated heterocycles. The molecule has 0 saturated carbocycles. The molecule has 1 amide bonds. The van der Waals surface area contributed by atoms with E-state index in [2.05, 4.69) is 15.9 Å². The van der Waals surface area contributed by atoms with Gasteiger partial charge in [-0.25, -0.2) is 0 Å². The van der Waals surface area contributed by atoms with Crippen LogP contribution < -0.4 is 0 Å². The van der Waals surface area contributed by atoms with Crippen molar-refractivity contribution in [3.05, 3.63) is 34.3 Å². The number of aliphatic hydroxyl groups excluding tert-OH is 1. The van der Waals surface area contributed by atoms with Crippen molar-refractivity contribution in [2.24, 2.45) is 5.92 Å². The third kappa shape index (κ3) is 3.57. The van der Waals surface area contributed by atoms with Crippen molar-refractivity contribution >= 4 is 21.8 Å². The monoisotopic (exact) mass is 325 g/mol. The summed E-state index contributed by atoms with van der Waals surface area (Å²) >= 11 is 3.39. The number of likely N-dealkylation sites (tertiary alicyclic amines) is 1. The molecule has 1 atom stereocenters. The largest absolute Gasteiger partial charge is 0.393 e. The van der Waals surface area contributed by atoms with E-state index in [9.17, 15) is 9.90 Å². The number of halogens is 1. The minimum absolute atomic E-state index is 0.0886. The molecule has 1 N–H and O–H groups in total. The Morgan fingerprint density at radius 1 is 1.47 bits per heavy atom. The number of hydrogen-bond acceptors (Lipinski definition) is 2. The van der Waals surface area contributed by atoms with Crippen LogP contribution in [0.25, 0.3) is 0 Å². The molecular weight excluding hydrogens is 306 g/mol. The molecule has 1 aliphatic heterocycles. The van der Waals surface area contributed by atoms with Crippen molar-refractivity contribution in [1.29, 1.82) is 0 Å². The fourth-order valence-electron chi connectivity index (χ4n) is 2.62. The van der Waals surface area contributed by atoms with Gasteiger partial charge in [-0.05, 0) is 43.4 Å². The predicted molar refractivity (Wildman–Crippen MR) is 79.1 cm³/mol. The van der Waals surface area contributed by atoms with Crippen LogP contribution in [0, 0.1) is 5.92 Å². The van der Waals surface area contributed by atoms with Crippen molar-refractivity contribution in [3.8, 4) is 0 Å². The van der Waals surface area contributed by atoms with Gasteiger partial charge in [0, 0.05) is 23.1 Å². The molecule has 1 aromatic rings. The van der Waals surface area contributed by atoms with Gasteiger partial charge in [0.05, 0.1) is 6.10 Å². The predicted octanol–water partition coefficient (Wildman–Crippen LogP) is 3.07. The van der Waals surface area contributed by atoms with Gasteiger partial charge in [0.15, 0.2) is 0 Å². The Hall–Kier alpha value is -0.870. The van der Waals surface area contributed by atoms with Gasteiger partial charge >= 0.3 is 0 Å². The standard InChI is InChI=1S/C15H20BrNO2/c1-2-14(18)11-6-8-17(9-7-11)15(19)12-4-3-5-13(16)10-12/h3-5,10-11,14,18H,2,6-9H2,1H3. The zero-order valence-corrected chi connectivity index (χ0v) is 12.8. The Balaban J connectivity index is 1.96. The first-order valence-corrected chi connectivity index (χ1v) is 7.64. The van der Waals surface area contributed by atoms with E-state index in [4.69, 9.17) is 0 Å². The highest BCUT2D eigenvalue weighted by atomic mass is 79.9. The highest BCUT2D eigenvalue weighted by Gasteiger charge is 2.27. The number of piperidine rings is 1. The van der Waals surface area contributed by atoms with Crippen LogP contribution in [0.5, 0.6) is 0 Å². The minimum atomic E-state index is -0.219. The second-order valence-corrected chi connectivity index (χ2v) is 6.03. The van der Waals surface area contributed by atoms with Crippen LogP contribution in [-0.4, -0.2) is 35.1 Å². The van der Waals surface area contributed by atoms with Crippen LogP contribution in [0.1, 0.15) is 36.5 Å². The average Bonchev–Trinajstić information content (AvgIpc) is 2.46. The molecule has 0 bridgehead atoms. The summed E-state index contributed by atoms with van der Waals surface area (Å²) in [5, 5.41) is 9.85. The third-order valence-electron chi connectivity index (χ3n) is 3.86. The Kier molecular flexibility index (Phi) is 4.99. The van der Waals surface area contributed by atoms with Crippen molar-refractivity contribution < 1.29 is 9.90 Å². The smallest absolute Gasteiger partial charge is 0.253 e. The molecule has 1 aliphatic rings. The first-order valence-electron chi connectivity index (χ1n) is 6.84. The van der Waals surface area contributed by atoms with Gasteiger partial charge in [-0.2, -0.15) is 0 Å². The van der Waals surface area contributed by atoms with Gasteiger partial charge in [0.1, 0.15) is 0 Å². The molecule has 0 radical (unpaired) electrons. The Morgan fingerprint density at radius 3 is 2.74 bits per heavy atom. The molecule has 2 rings (SSSR count). The topological polar surface area (TPSA) is 40.5 Å². The van der Waals surface area contributed by atoms with Crippen molar-refractivity contribution in [3.63, 3.8) is 0 Å². The molecule has 4 heteroatoms. The Bertz CT molecular complexity index is 442. The first kappa shape index (κ1) is 14.5. The lowest BCUT2D eigenvalue weighted by Gasteiger charge is -2.34. The fourth-order valence-corrected chi connectivity index (χ4v) is 3.02. The highest BCUT2D eigenvalue weighted by molar-refractivity contribution is 9.10. The lowest BCUT2D eigenvalue weighted by atomic mass is 9.90. The molecule has 3 nitrogen and oxygen atoms in total. The number of carbonyl (C=O) groups is 1. The molecule has 104 valence electrons. The molecule has 1 heterocycles. The second-order valence-electron chi connectivity index (χ2n) is 5.12. The Morgan fingerprint density at radius 2 is 2.16 bits per heavy atom. The quantitative estimate of drug-likeness (QED) is 0.927. The molecular formula is C15H20BrNO2. The van der Waals surface area contributed by atoms with E-state index < -0.39 is 0 Å². The number of amides is 1. The van der Waals surface area contributed by atoms with E-state index >= 15 is 0 Å². The molecule has 0 aromatic heterocycles. The molecule has 1 fully saturated rings. The lowest BCUT2D eigenvalue weighted by Crippen LogP contribution is -2.41. The summed E-state index contributed by atoms with van der Waals surface area (Å²) in [6.07, 6.45) is 2.37. The minimum Gasteiger partial charge on any atom is -0.393 e. The number of benzene rings is 1. The number of aliphatic hydroxyl groups is 1. The zero-order chi connectivity index (χ0) is 13.8. The van der Waals surface area contributed by atoms with Crippen LogP contribution in [0.3, 0.4) is 0 Å². The third-order valence-corrected chi connectivity index (χ3v) is 4.35. The second kappa shape index (κ2) is 6.53. The summed E-state index contributed by atoms with van der Waals surface area (Å²) in [5.41, 5.74) is 0.726. The first-order chi connectivity index (χ1) is 9.11. The molecule has 1 aromatic carbocycles. The highest BCUT2D eigenvalue weighted by Crippen LogP contribution is 2.24. The van der Waals surface area contributed by atoms with E-state index in [0.29, 0.717) is 5.92 Å². The normalized spacial score (nSPS) is 18.4. The zero-order valence-electron chi connectivity index (χ0n) is 11.2. The average molecular weight is 326 g/mol. The summed E-state index contributed by atoms with van der Waals surface area (Å²) in [4.78, 5) is 14.2. The van der Waals surface area contributed by atoms with Crippen LogP contribution >= 0.6 is 15.9 Å². The van der Waals surface area contributed by atoms with Gasteiger partial charge in [-0.15, -0.1) is 0 Å². The summed E-state index contributed by atoms with van der Waals surface area (Å²) < 4.78 is 0.926. The van der Waals surface area contributed by atoms with E-state index in [1.807, 2.05) is 36.1 Å². The van der Waals surface area contributed by atoms with Crippen LogP contribution in [0.15, 0.2) is 28.7 Å². The van der Waals surface area contributed by atoms with Crippen molar-refractivity contribution in [1.82, 2.24) is 4.90 Å². The van der Waals surface area contributed by atoms with Gasteiger partial charge in [0.25, 0.3) is 5.91 Å². The van der Waals surface area contributed by atoms with E-state index in [1.54, 1.807) is 0 Å². The maximum atomic E-state index is 12.3. The van der Waals surface area contributed by atoms with Gasteiger partial charge in [-0.3, -0.25) is 4.79 Å². The fraction of sp³-hybridized carbons (Fsp3) is 0.533. The SMILES string of the molecule is CCC(O)C1CCN(C(=O)c2cccc(Br)c2)CC1. The van der Waals surface area contributed by atoms with Gasteiger partial charge < -0.3 is 10.0 Å². The summed E-state index contributed by atoms with van der Waals surface area (Å²) in [6.45, 7) is 3.49. The van der Waals surface area contributed by atoms with Crippen molar-refractivity contribution in [2.45, 2.75) is 32.3 Å². The molecule has 0 spiro atoms. The number of nitrogens with zero attached hydrogens (tertiary/aromatic N) is 1.